The second-order valence-corrected chi connectivity index (χ2v) is 6.27. The number of benzene rings is 2. The SMILES string of the molecule is CC(C)NC(=O)c1cc(Nc2ccc(C#N)cc2)nc(-c2ccccc2)n1. The Morgan fingerprint density at radius 3 is 2.37 bits per heavy atom. The third-order valence-electron chi connectivity index (χ3n) is 3.70. The molecule has 3 aromatic rings. The minimum atomic E-state index is -0.257. The third-order valence-corrected chi connectivity index (χ3v) is 3.70. The molecule has 0 fully saturated rings. The van der Waals surface area contributed by atoms with Crippen LogP contribution in [0.25, 0.3) is 11.4 Å². The van der Waals surface area contributed by atoms with Crippen LogP contribution < -0.4 is 10.6 Å². The lowest BCUT2D eigenvalue weighted by molar-refractivity contribution is 0.0938. The highest BCUT2D eigenvalue weighted by Gasteiger charge is 2.14. The summed E-state index contributed by atoms with van der Waals surface area (Å²) in [6.45, 7) is 3.79. The molecular weight excluding hydrogens is 338 g/mol. The molecule has 0 aliphatic rings. The number of carbonyl (C=O) groups is 1. The number of nitriles is 1. The average Bonchev–Trinajstić information content (AvgIpc) is 2.68. The molecular formula is C21H19N5O. The van der Waals surface area contributed by atoms with Gasteiger partial charge in [0.25, 0.3) is 5.91 Å². The Labute approximate surface area is 157 Å². The maximum absolute atomic E-state index is 12.5. The molecule has 6 heteroatoms. The average molecular weight is 357 g/mol. The van der Waals surface area contributed by atoms with Crippen LogP contribution in [0.4, 0.5) is 11.5 Å². The first-order valence-electron chi connectivity index (χ1n) is 8.57. The molecule has 134 valence electrons. The van der Waals surface area contributed by atoms with Crippen molar-refractivity contribution < 1.29 is 4.79 Å². The van der Waals surface area contributed by atoms with E-state index in [1.165, 1.54) is 0 Å². The molecule has 6 nitrogen and oxygen atoms in total. The number of aromatic nitrogens is 2. The number of nitrogens with zero attached hydrogens (tertiary/aromatic N) is 3. The number of amides is 1. The minimum absolute atomic E-state index is 0.00239. The maximum Gasteiger partial charge on any atom is 0.270 e. The molecule has 0 saturated heterocycles. The van der Waals surface area contributed by atoms with Crippen molar-refractivity contribution in [1.29, 1.82) is 5.26 Å². The first-order chi connectivity index (χ1) is 13.0. The van der Waals surface area contributed by atoms with Crippen LogP contribution in [0.1, 0.15) is 29.9 Å². The molecule has 0 atom stereocenters. The van der Waals surface area contributed by atoms with Crippen LogP contribution in [0.5, 0.6) is 0 Å². The van der Waals surface area contributed by atoms with Crippen LogP contribution in [0.3, 0.4) is 0 Å². The van der Waals surface area contributed by atoms with Crippen molar-refractivity contribution >= 4 is 17.4 Å². The lowest BCUT2D eigenvalue weighted by Gasteiger charge is -2.12. The molecule has 0 aliphatic carbocycles. The molecule has 1 amide bonds. The van der Waals surface area contributed by atoms with E-state index in [9.17, 15) is 4.79 Å². The lowest BCUT2D eigenvalue weighted by Crippen LogP contribution is -2.31. The molecule has 0 aliphatic heterocycles. The van der Waals surface area contributed by atoms with Crippen LogP contribution in [-0.2, 0) is 0 Å². The summed E-state index contributed by atoms with van der Waals surface area (Å²) in [5, 5.41) is 14.9. The van der Waals surface area contributed by atoms with Crippen molar-refractivity contribution in [3.05, 3.63) is 71.9 Å². The zero-order valence-electron chi connectivity index (χ0n) is 15.1. The number of hydrogen-bond donors (Lipinski definition) is 2. The summed E-state index contributed by atoms with van der Waals surface area (Å²) >= 11 is 0. The largest absolute Gasteiger partial charge is 0.349 e. The molecule has 2 N–H and O–H groups in total. The Hall–Kier alpha value is -3.72. The van der Waals surface area contributed by atoms with Gasteiger partial charge in [0.15, 0.2) is 5.82 Å². The summed E-state index contributed by atoms with van der Waals surface area (Å²) in [7, 11) is 0. The molecule has 0 unspecified atom stereocenters. The van der Waals surface area contributed by atoms with Gasteiger partial charge in [0.05, 0.1) is 11.6 Å². The number of rotatable bonds is 5. The quantitative estimate of drug-likeness (QED) is 0.723. The van der Waals surface area contributed by atoms with E-state index < -0.39 is 0 Å². The van der Waals surface area contributed by atoms with Crippen molar-refractivity contribution in [2.45, 2.75) is 19.9 Å². The second-order valence-electron chi connectivity index (χ2n) is 6.27. The van der Waals surface area contributed by atoms with E-state index in [0.29, 0.717) is 17.2 Å². The first kappa shape index (κ1) is 18.1. The van der Waals surface area contributed by atoms with Crippen LogP contribution >= 0.6 is 0 Å². The van der Waals surface area contributed by atoms with Crippen LogP contribution in [0.15, 0.2) is 60.7 Å². The molecule has 2 aromatic carbocycles. The fraction of sp³-hybridized carbons (Fsp3) is 0.143. The zero-order valence-corrected chi connectivity index (χ0v) is 15.1. The molecule has 0 spiro atoms. The van der Waals surface area contributed by atoms with Crippen molar-refractivity contribution in [2.75, 3.05) is 5.32 Å². The highest BCUT2D eigenvalue weighted by atomic mass is 16.1. The second kappa shape index (κ2) is 8.11. The summed E-state index contributed by atoms with van der Waals surface area (Å²) in [6, 6.07) is 20.2. The Balaban J connectivity index is 1.98. The normalized spacial score (nSPS) is 10.3. The maximum atomic E-state index is 12.5. The molecule has 0 saturated carbocycles. The van der Waals surface area contributed by atoms with Crippen molar-refractivity contribution in [3.63, 3.8) is 0 Å². The molecule has 1 aromatic heterocycles. The minimum Gasteiger partial charge on any atom is -0.349 e. The number of hydrogen-bond acceptors (Lipinski definition) is 5. The van der Waals surface area contributed by atoms with Gasteiger partial charge in [0.2, 0.25) is 0 Å². The summed E-state index contributed by atoms with van der Waals surface area (Å²) in [5.41, 5.74) is 2.44. The number of nitrogens with one attached hydrogen (secondary N) is 2. The predicted octanol–water partition coefficient (Wildman–Crippen LogP) is 3.90. The summed E-state index contributed by atoms with van der Waals surface area (Å²) < 4.78 is 0. The van der Waals surface area contributed by atoms with Gasteiger partial charge in [-0.15, -0.1) is 0 Å². The van der Waals surface area contributed by atoms with Gasteiger partial charge >= 0.3 is 0 Å². The van der Waals surface area contributed by atoms with Gasteiger partial charge in [0.1, 0.15) is 11.5 Å². The van der Waals surface area contributed by atoms with Gasteiger partial charge in [-0.1, -0.05) is 30.3 Å². The van der Waals surface area contributed by atoms with E-state index >= 15 is 0 Å². The van der Waals surface area contributed by atoms with Gasteiger partial charge in [-0.2, -0.15) is 5.26 Å². The first-order valence-corrected chi connectivity index (χ1v) is 8.57. The fourth-order valence-corrected chi connectivity index (χ4v) is 2.46. The van der Waals surface area contributed by atoms with Crippen molar-refractivity contribution in [1.82, 2.24) is 15.3 Å². The molecule has 0 bridgehead atoms. The highest BCUT2D eigenvalue weighted by Crippen LogP contribution is 2.21. The van der Waals surface area contributed by atoms with Gasteiger partial charge in [0, 0.05) is 23.4 Å². The standard InChI is InChI=1S/C21H19N5O/c1-14(2)23-21(27)18-12-19(24-17-10-8-15(13-22)9-11-17)26-20(25-18)16-6-4-3-5-7-16/h3-12,14H,1-2H3,(H,23,27)(H,24,25,26). The topological polar surface area (TPSA) is 90.7 Å². The van der Waals surface area contributed by atoms with E-state index in [1.807, 2.05) is 44.2 Å². The van der Waals surface area contributed by atoms with Crippen LogP contribution in [-0.4, -0.2) is 21.9 Å². The van der Waals surface area contributed by atoms with Gasteiger partial charge in [-0.3, -0.25) is 4.79 Å². The van der Waals surface area contributed by atoms with E-state index in [0.717, 1.165) is 11.3 Å². The Bertz CT molecular complexity index is 976. The molecule has 0 radical (unpaired) electrons. The fourth-order valence-electron chi connectivity index (χ4n) is 2.46. The number of anilines is 2. The third kappa shape index (κ3) is 4.67. The van der Waals surface area contributed by atoms with Gasteiger partial charge in [-0.25, -0.2) is 9.97 Å². The summed E-state index contributed by atoms with van der Waals surface area (Å²) in [4.78, 5) is 21.4. The molecule has 1 heterocycles. The summed E-state index contributed by atoms with van der Waals surface area (Å²) in [6.07, 6.45) is 0. The Kier molecular flexibility index (Phi) is 5.43. The van der Waals surface area contributed by atoms with Crippen LogP contribution in [0.2, 0.25) is 0 Å². The smallest absolute Gasteiger partial charge is 0.270 e. The highest BCUT2D eigenvalue weighted by molar-refractivity contribution is 5.93. The molecule has 27 heavy (non-hydrogen) atoms. The van der Waals surface area contributed by atoms with Crippen molar-refractivity contribution in [3.8, 4) is 17.5 Å². The number of carbonyl (C=O) groups excluding carboxylic acids is 1. The van der Waals surface area contributed by atoms with Gasteiger partial charge < -0.3 is 10.6 Å². The van der Waals surface area contributed by atoms with E-state index in [4.69, 9.17) is 5.26 Å². The predicted molar refractivity (Wildman–Crippen MR) is 105 cm³/mol. The summed E-state index contributed by atoms with van der Waals surface area (Å²) in [5.74, 6) is 0.707. The lowest BCUT2D eigenvalue weighted by atomic mass is 10.2. The van der Waals surface area contributed by atoms with E-state index in [2.05, 4.69) is 26.7 Å². The van der Waals surface area contributed by atoms with E-state index in [-0.39, 0.29) is 17.6 Å². The van der Waals surface area contributed by atoms with E-state index in [1.54, 1.807) is 30.3 Å². The van der Waals surface area contributed by atoms with Crippen molar-refractivity contribution in [2.24, 2.45) is 0 Å². The Morgan fingerprint density at radius 1 is 1.04 bits per heavy atom. The monoisotopic (exact) mass is 357 g/mol. The van der Waals surface area contributed by atoms with Crippen LogP contribution in [0, 0.1) is 11.3 Å². The van der Waals surface area contributed by atoms with Gasteiger partial charge in [-0.05, 0) is 38.1 Å². The zero-order chi connectivity index (χ0) is 19.2. The molecule has 3 rings (SSSR count). The Morgan fingerprint density at radius 2 is 1.74 bits per heavy atom.